The van der Waals surface area contributed by atoms with Crippen molar-refractivity contribution in [3.63, 3.8) is 0 Å². The maximum Gasteiger partial charge on any atom is 0.417 e. The molecule has 1 saturated heterocycles. The van der Waals surface area contributed by atoms with Crippen LogP contribution in [-0.2, 0) is 0 Å². The molecule has 3 aromatic rings. The van der Waals surface area contributed by atoms with Gasteiger partial charge in [0.25, 0.3) is 5.91 Å². The van der Waals surface area contributed by atoms with E-state index in [1.54, 1.807) is 43.4 Å². The third kappa shape index (κ3) is 3.17. The Kier molecular flexibility index (Phi) is 4.68. The summed E-state index contributed by atoms with van der Waals surface area (Å²) >= 11 is 0. The molecule has 2 aromatic carbocycles. The predicted molar refractivity (Wildman–Crippen MR) is 104 cm³/mol. The van der Waals surface area contributed by atoms with Crippen LogP contribution in [0, 0.1) is 0 Å². The van der Waals surface area contributed by atoms with Gasteiger partial charge in [0.15, 0.2) is 5.58 Å². The summed E-state index contributed by atoms with van der Waals surface area (Å²) < 4.78 is 15.8. The molecule has 0 bridgehead atoms. The highest BCUT2D eigenvalue weighted by Crippen LogP contribution is 2.30. The lowest BCUT2D eigenvalue weighted by molar-refractivity contribution is 0.0740. The van der Waals surface area contributed by atoms with Gasteiger partial charge in [-0.1, -0.05) is 6.07 Å². The maximum atomic E-state index is 13.1. The molecule has 1 amide bonds. The molecule has 0 spiro atoms. The zero-order chi connectivity index (χ0) is 19.7. The SMILES string of the molecule is COc1cccc(OC)c1C(=O)N1CCN(c2ccc3oc(=O)[nH]c3c2)CC1. The first-order chi connectivity index (χ1) is 13.6. The van der Waals surface area contributed by atoms with Crippen molar-refractivity contribution in [1.29, 1.82) is 0 Å². The van der Waals surface area contributed by atoms with Gasteiger partial charge in [-0.05, 0) is 30.3 Å². The van der Waals surface area contributed by atoms with E-state index in [1.807, 2.05) is 12.1 Å². The van der Waals surface area contributed by atoms with E-state index in [1.165, 1.54) is 0 Å². The van der Waals surface area contributed by atoms with Crippen molar-refractivity contribution in [3.05, 3.63) is 52.5 Å². The number of carbonyl (C=O) groups excluding carboxylic acids is 1. The van der Waals surface area contributed by atoms with Crippen LogP contribution in [0.4, 0.5) is 5.69 Å². The molecule has 0 saturated carbocycles. The molecule has 1 aliphatic heterocycles. The van der Waals surface area contributed by atoms with Crippen LogP contribution in [0.2, 0.25) is 0 Å². The van der Waals surface area contributed by atoms with Crippen LogP contribution in [0.3, 0.4) is 0 Å². The molecular weight excluding hydrogens is 362 g/mol. The monoisotopic (exact) mass is 383 g/mol. The molecule has 0 unspecified atom stereocenters. The number of oxazole rings is 1. The van der Waals surface area contributed by atoms with Gasteiger partial charge >= 0.3 is 5.76 Å². The number of nitrogens with one attached hydrogen (secondary N) is 1. The van der Waals surface area contributed by atoms with Crippen molar-refractivity contribution >= 4 is 22.7 Å². The summed E-state index contributed by atoms with van der Waals surface area (Å²) in [6, 6.07) is 10.9. The number of carbonyl (C=O) groups is 1. The third-order valence-electron chi connectivity index (χ3n) is 4.98. The van der Waals surface area contributed by atoms with Gasteiger partial charge in [-0.25, -0.2) is 4.79 Å². The molecule has 8 heteroatoms. The highest BCUT2D eigenvalue weighted by atomic mass is 16.5. The van der Waals surface area contributed by atoms with E-state index in [2.05, 4.69) is 9.88 Å². The number of hydrogen-bond acceptors (Lipinski definition) is 6. The number of aromatic amines is 1. The minimum absolute atomic E-state index is 0.108. The van der Waals surface area contributed by atoms with E-state index >= 15 is 0 Å². The highest BCUT2D eigenvalue weighted by Gasteiger charge is 2.27. The highest BCUT2D eigenvalue weighted by molar-refractivity contribution is 6.00. The van der Waals surface area contributed by atoms with Crippen LogP contribution >= 0.6 is 0 Å². The normalized spacial score (nSPS) is 14.4. The molecule has 1 fully saturated rings. The van der Waals surface area contributed by atoms with Gasteiger partial charge in [-0.2, -0.15) is 0 Å². The number of benzene rings is 2. The largest absolute Gasteiger partial charge is 0.496 e. The van der Waals surface area contributed by atoms with Gasteiger partial charge in [0.05, 0.1) is 19.7 Å². The van der Waals surface area contributed by atoms with Gasteiger partial charge < -0.3 is 23.7 Å². The number of methoxy groups -OCH3 is 2. The van der Waals surface area contributed by atoms with Gasteiger partial charge in [0, 0.05) is 31.9 Å². The van der Waals surface area contributed by atoms with E-state index in [0.717, 1.165) is 5.69 Å². The lowest BCUT2D eigenvalue weighted by atomic mass is 10.1. The average molecular weight is 383 g/mol. The Bertz CT molecular complexity index is 1040. The van der Waals surface area contributed by atoms with Crippen LogP contribution in [-0.4, -0.2) is 56.2 Å². The Labute approximate surface area is 161 Å². The van der Waals surface area contributed by atoms with Crippen LogP contribution in [0.5, 0.6) is 11.5 Å². The van der Waals surface area contributed by atoms with E-state index in [0.29, 0.717) is 54.3 Å². The molecule has 0 aliphatic carbocycles. The van der Waals surface area contributed by atoms with Gasteiger partial charge in [0.2, 0.25) is 0 Å². The maximum absolute atomic E-state index is 13.1. The van der Waals surface area contributed by atoms with Gasteiger partial charge in [0.1, 0.15) is 17.1 Å². The smallest absolute Gasteiger partial charge is 0.417 e. The number of nitrogens with zero attached hydrogens (tertiary/aromatic N) is 2. The van der Waals surface area contributed by atoms with Crippen molar-refractivity contribution in [3.8, 4) is 11.5 Å². The summed E-state index contributed by atoms with van der Waals surface area (Å²) in [5, 5.41) is 0. The summed E-state index contributed by atoms with van der Waals surface area (Å²) in [6.45, 7) is 2.49. The fourth-order valence-corrected chi connectivity index (χ4v) is 3.52. The molecule has 2 heterocycles. The molecule has 8 nitrogen and oxygen atoms in total. The molecule has 146 valence electrons. The van der Waals surface area contributed by atoms with Crippen molar-refractivity contribution < 1.29 is 18.7 Å². The summed E-state index contributed by atoms with van der Waals surface area (Å²) in [6.07, 6.45) is 0. The number of hydrogen-bond donors (Lipinski definition) is 1. The molecule has 0 atom stereocenters. The predicted octanol–water partition coefficient (Wildman–Crippen LogP) is 2.10. The van der Waals surface area contributed by atoms with Crippen molar-refractivity contribution in [1.82, 2.24) is 9.88 Å². The Morgan fingerprint density at radius 1 is 1.04 bits per heavy atom. The second kappa shape index (κ2) is 7.30. The van der Waals surface area contributed by atoms with Crippen molar-refractivity contribution in [2.75, 3.05) is 45.3 Å². The van der Waals surface area contributed by atoms with Crippen LogP contribution in [0.25, 0.3) is 11.1 Å². The lowest BCUT2D eigenvalue weighted by Crippen LogP contribution is -2.48. The van der Waals surface area contributed by atoms with Crippen LogP contribution in [0.15, 0.2) is 45.6 Å². The lowest BCUT2D eigenvalue weighted by Gasteiger charge is -2.36. The topological polar surface area (TPSA) is 88.0 Å². The summed E-state index contributed by atoms with van der Waals surface area (Å²) in [7, 11) is 3.08. The van der Waals surface area contributed by atoms with Crippen LogP contribution < -0.4 is 20.1 Å². The number of amides is 1. The Balaban J connectivity index is 1.50. The fraction of sp³-hybridized carbons (Fsp3) is 0.300. The Morgan fingerprint density at radius 3 is 2.36 bits per heavy atom. The first-order valence-electron chi connectivity index (χ1n) is 8.99. The second-order valence-electron chi connectivity index (χ2n) is 6.51. The summed E-state index contributed by atoms with van der Waals surface area (Å²) in [5.74, 6) is 0.430. The minimum Gasteiger partial charge on any atom is -0.496 e. The Morgan fingerprint density at radius 2 is 1.71 bits per heavy atom. The van der Waals surface area contributed by atoms with Gasteiger partial charge in [-0.3, -0.25) is 9.78 Å². The number of anilines is 1. The molecule has 1 aliphatic rings. The van der Waals surface area contributed by atoms with Crippen molar-refractivity contribution in [2.45, 2.75) is 0 Å². The van der Waals surface area contributed by atoms with Crippen molar-refractivity contribution in [2.24, 2.45) is 0 Å². The fourth-order valence-electron chi connectivity index (χ4n) is 3.52. The number of piperazine rings is 1. The molecule has 0 radical (unpaired) electrons. The standard InChI is InChI=1S/C20H21N3O5/c1-26-16-4-3-5-17(27-2)18(16)19(24)23-10-8-22(9-11-23)13-6-7-15-14(12-13)21-20(25)28-15/h3-7,12H,8-11H2,1-2H3,(H,21,25). The zero-order valence-electron chi connectivity index (χ0n) is 15.7. The number of H-pyrrole nitrogens is 1. The molecule has 4 rings (SSSR count). The first-order valence-corrected chi connectivity index (χ1v) is 8.99. The third-order valence-corrected chi connectivity index (χ3v) is 4.98. The van der Waals surface area contributed by atoms with E-state index in [-0.39, 0.29) is 5.91 Å². The number of fused-ring (bicyclic) bond motifs is 1. The zero-order valence-corrected chi connectivity index (χ0v) is 15.7. The molecular formula is C20H21N3O5. The molecule has 1 aromatic heterocycles. The van der Waals surface area contributed by atoms with E-state index < -0.39 is 5.76 Å². The number of rotatable bonds is 4. The summed E-state index contributed by atoms with van der Waals surface area (Å²) in [4.78, 5) is 31.1. The Hall–Kier alpha value is -3.42. The van der Waals surface area contributed by atoms with E-state index in [9.17, 15) is 9.59 Å². The summed E-state index contributed by atoms with van der Waals surface area (Å²) in [5.41, 5.74) is 2.62. The minimum atomic E-state index is -0.465. The van der Waals surface area contributed by atoms with Crippen LogP contribution in [0.1, 0.15) is 10.4 Å². The quantitative estimate of drug-likeness (QED) is 0.742. The molecule has 1 N–H and O–H groups in total. The number of aromatic nitrogens is 1. The second-order valence-corrected chi connectivity index (χ2v) is 6.51. The number of ether oxygens (including phenoxy) is 2. The molecule has 28 heavy (non-hydrogen) atoms. The average Bonchev–Trinajstić information content (AvgIpc) is 3.11. The first kappa shape index (κ1) is 18.0. The van der Waals surface area contributed by atoms with E-state index in [4.69, 9.17) is 13.9 Å². The van der Waals surface area contributed by atoms with Gasteiger partial charge in [-0.15, -0.1) is 0 Å².